The van der Waals surface area contributed by atoms with Gasteiger partial charge < -0.3 is 5.11 Å². The van der Waals surface area contributed by atoms with Gasteiger partial charge in [-0.05, 0) is 31.4 Å². The average molecular weight is 441 g/mol. The van der Waals surface area contributed by atoms with Crippen LogP contribution in [0.3, 0.4) is 0 Å². The summed E-state index contributed by atoms with van der Waals surface area (Å²) in [4.78, 5) is 25.3. The monoisotopic (exact) mass is 440 g/mol. The van der Waals surface area contributed by atoms with Gasteiger partial charge in [-0.15, -0.1) is 0 Å². The van der Waals surface area contributed by atoms with E-state index in [0.717, 1.165) is 28.2 Å². The van der Waals surface area contributed by atoms with Crippen molar-refractivity contribution in [2.75, 3.05) is 0 Å². The van der Waals surface area contributed by atoms with E-state index >= 15 is 0 Å². The standard InChI is InChI=1S/C28H28N2O3/c1-2-21(27(31)32)17-12-20-29-25(22-13-6-3-7-14-22)26(23-15-8-4-9-16-23)30(28(29)33)24-18-10-5-11-19-24/h3-11,13-16,18-19,21H,2,12,17,20H2,1H3,(H,31,32). The minimum atomic E-state index is -0.778. The minimum absolute atomic E-state index is 0.123. The first-order valence-corrected chi connectivity index (χ1v) is 11.4. The maximum atomic E-state index is 13.8. The van der Waals surface area contributed by atoms with Crippen LogP contribution in [-0.2, 0) is 11.3 Å². The average Bonchev–Trinajstić information content (AvgIpc) is 3.15. The fourth-order valence-electron chi connectivity index (χ4n) is 4.32. The summed E-state index contributed by atoms with van der Waals surface area (Å²) in [5.41, 5.74) is 4.26. The molecule has 1 N–H and O–H groups in total. The maximum Gasteiger partial charge on any atom is 0.333 e. The first-order valence-electron chi connectivity index (χ1n) is 11.4. The highest BCUT2D eigenvalue weighted by Crippen LogP contribution is 2.33. The lowest BCUT2D eigenvalue weighted by atomic mass is 10.0. The summed E-state index contributed by atoms with van der Waals surface area (Å²) in [5.74, 6) is -1.18. The Labute approximate surface area is 193 Å². The van der Waals surface area contributed by atoms with Gasteiger partial charge in [0.2, 0.25) is 0 Å². The van der Waals surface area contributed by atoms with Crippen molar-refractivity contribution >= 4 is 5.97 Å². The fraction of sp³-hybridized carbons (Fsp3) is 0.214. The molecule has 0 bridgehead atoms. The number of rotatable bonds is 9. The summed E-state index contributed by atoms with van der Waals surface area (Å²) in [6, 6.07) is 29.5. The molecule has 168 valence electrons. The van der Waals surface area contributed by atoms with Gasteiger partial charge in [-0.3, -0.25) is 13.9 Å². The number of para-hydroxylation sites is 1. The third-order valence-corrected chi connectivity index (χ3v) is 6.03. The van der Waals surface area contributed by atoms with Gasteiger partial charge in [0.1, 0.15) is 0 Å². The number of imidazole rings is 1. The van der Waals surface area contributed by atoms with Crippen molar-refractivity contribution in [1.29, 1.82) is 0 Å². The molecule has 4 rings (SSSR count). The number of aromatic nitrogens is 2. The van der Waals surface area contributed by atoms with Crippen molar-refractivity contribution in [2.24, 2.45) is 5.92 Å². The molecule has 1 heterocycles. The Balaban J connectivity index is 1.91. The van der Waals surface area contributed by atoms with Gasteiger partial charge in [-0.1, -0.05) is 85.8 Å². The molecule has 0 spiro atoms. The first-order chi connectivity index (χ1) is 16.1. The molecule has 0 aliphatic rings. The zero-order valence-electron chi connectivity index (χ0n) is 18.7. The van der Waals surface area contributed by atoms with E-state index in [-0.39, 0.29) is 5.69 Å². The van der Waals surface area contributed by atoms with Gasteiger partial charge in [0.05, 0.1) is 23.0 Å². The van der Waals surface area contributed by atoms with E-state index in [1.807, 2.05) is 97.9 Å². The molecule has 0 saturated heterocycles. The summed E-state index contributed by atoms with van der Waals surface area (Å²) in [6.45, 7) is 2.34. The number of hydrogen-bond acceptors (Lipinski definition) is 2. The van der Waals surface area contributed by atoms with Crippen molar-refractivity contribution in [3.63, 3.8) is 0 Å². The molecule has 1 atom stereocenters. The molecule has 4 aromatic rings. The number of hydrogen-bond donors (Lipinski definition) is 1. The summed E-state index contributed by atoms with van der Waals surface area (Å²) in [7, 11) is 0. The molecule has 1 unspecified atom stereocenters. The molecule has 1 aromatic heterocycles. The summed E-state index contributed by atoms with van der Waals surface area (Å²) in [6.07, 6.45) is 1.72. The Morgan fingerprint density at radius 2 is 1.33 bits per heavy atom. The fourth-order valence-corrected chi connectivity index (χ4v) is 4.32. The summed E-state index contributed by atoms with van der Waals surface area (Å²) in [5, 5.41) is 9.43. The van der Waals surface area contributed by atoms with Crippen molar-refractivity contribution < 1.29 is 9.90 Å². The molecular weight excluding hydrogens is 412 g/mol. The molecule has 0 amide bonds. The van der Waals surface area contributed by atoms with E-state index in [0.29, 0.717) is 25.8 Å². The maximum absolute atomic E-state index is 13.8. The Morgan fingerprint density at radius 3 is 1.85 bits per heavy atom. The molecule has 5 nitrogen and oxygen atoms in total. The SMILES string of the molecule is CCC(CCCn1c(-c2ccccc2)c(-c2ccccc2)n(-c2ccccc2)c1=O)C(=O)O. The lowest BCUT2D eigenvalue weighted by Crippen LogP contribution is -2.24. The highest BCUT2D eigenvalue weighted by molar-refractivity contribution is 5.80. The minimum Gasteiger partial charge on any atom is -0.481 e. The van der Waals surface area contributed by atoms with Crippen LogP contribution in [0.4, 0.5) is 0 Å². The van der Waals surface area contributed by atoms with E-state index in [2.05, 4.69) is 0 Å². The van der Waals surface area contributed by atoms with Crippen LogP contribution in [0.2, 0.25) is 0 Å². The smallest absolute Gasteiger partial charge is 0.333 e. The van der Waals surface area contributed by atoms with Crippen LogP contribution >= 0.6 is 0 Å². The predicted octanol–water partition coefficient (Wildman–Crippen LogP) is 5.86. The van der Waals surface area contributed by atoms with E-state index in [1.165, 1.54) is 0 Å². The topological polar surface area (TPSA) is 64.2 Å². The highest BCUT2D eigenvalue weighted by Gasteiger charge is 2.24. The van der Waals surface area contributed by atoms with E-state index < -0.39 is 11.9 Å². The van der Waals surface area contributed by atoms with Crippen LogP contribution in [0.25, 0.3) is 28.2 Å². The Morgan fingerprint density at radius 1 is 0.818 bits per heavy atom. The molecule has 0 fully saturated rings. The summed E-state index contributed by atoms with van der Waals surface area (Å²) >= 11 is 0. The molecule has 5 heteroatoms. The second kappa shape index (κ2) is 10.2. The van der Waals surface area contributed by atoms with Gasteiger partial charge >= 0.3 is 11.7 Å². The number of benzene rings is 3. The number of carboxylic acids is 1. The van der Waals surface area contributed by atoms with Crippen molar-refractivity contribution in [3.05, 3.63) is 101 Å². The molecule has 0 radical (unpaired) electrons. The molecule has 3 aromatic carbocycles. The third kappa shape index (κ3) is 4.67. The zero-order valence-corrected chi connectivity index (χ0v) is 18.7. The molecule has 33 heavy (non-hydrogen) atoms. The zero-order chi connectivity index (χ0) is 23.2. The van der Waals surface area contributed by atoms with Crippen LogP contribution in [0.15, 0.2) is 95.8 Å². The van der Waals surface area contributed by atoms with Crippen LogP contribution < -0.4 is 5.69 Å². The third-order valence-electron chi connectivity index (χ3n) is 6.03. The van der Waals surface area contributed by atoms with E-state index in [9.17, 15) is 14.7 Å². The summed E-state index contributed by atoms with van der Waals surface area (Å²) < 4.78 is 3.57. The number of carboxylic acid groups (broad SMARTS) is 1. The van der Waals surface area contributed by atoms with Crippen LogP contribution in [0.5, 0.6) is 0 Å². The van der Waals surface area contributed by atoms with Crippen molar-refractivity contribution in [2.45, 2.75) is 32.7 Å². The number of carbonyl (C=O) groups is 1. The Hall–Kier alpha value is -3.86. The second-order valence-corrected chi connectivity index (χ2v) is 8.12. The van der Waals surface area contributed by atoms with Crippen LogP contribution in [-0.4, -0.2) is 20.2 Å². The largest absolute Gasteiger partial charge is 0.481 e. The lowest BCUT2D eigenvalue weighted by molar-refractivity contribution is -0.142. The van der Waals surface area contributed by atoms with Crippen LogP contribution in [0, 0.1) is 5.92 Å². The van der Waals surface area contributed by atoms with Gasteiger partial charge in [0, 0.05) is 17.7 Å². The van der Waals surface area contributed by atoms with E-state index in [1.54, 1.807) is 9.13 Å². The normalized spacial score (nSPS) is 11.9. The Bertz CT molecular complexity index is 1260. The van der Waals surface area contributed by atoms with Gasteiger partial charge in [-0.25, -0.2) is 4.79 Å². The van der Waals surface area contributed by atoms with Gasteiger partial charge in [0.25, 0.3) is 0 Å². The van der Waals surface area contributed by atoms with Crippen LogP contribution in [0.1, 0.15) is 26.2 Å². The van der Waals surface area contributed by atoms with Crippen molar-refractivity contribution in [1.82, 2.24) is 9.13 Å². The number of nitrogens with zero attached hydrogens (tertiary/aromatic N) is 2. The highest BCUT2D eigenvalue weighted by atomic mass is 16.4. The second-order valence-electron chi connectivity index (χ2n) is 8.12. The van der Waals surface area contributed by atoms with Gasteiger partial charge in [-0.2, -0.15) is 0 Å². The molecule has 0 aliphatic carbocycles. The van der Waals surface area contributed by atoms with E-state index in [4.69, 9.17) is 0 Å². The first kappa shape index (κ1) is 22.3. The van der Waals surface area contributed by atoms with Crippen molar-refractivity contribution in [3.8, 4) is 28.2 Å². The quantitative estimate of drug-likeness (QED) is 0.354. The Kier molecular flexibility index (Phi) is 6.89. The predicted molar refractivity (Wildman–Crippen MR) is 132 cm³/mol. The van der Waals surface area contributed by atoms with Gasteiger partial charge in [0.15, 0.2) is 0 Å². The molecule has 0 aliphatic heterocycles. The lowest BCUT2D eigenvalue weighted by Gasteiger charge is -2.13. The number of aliphatic carboxylic acids is 1. The molecule has 0 saturated carbocycles. The molecular formula is C28H28N2O3.